The van der Waals surface area contributed by atoms with E-state index in [1.54, 1.807) is 12.4 Å². The predicted octanol–water partition coefficient (Wildman–Crippen LogP) is 4.78. The molecule has 0 radical (unpaired) electrons. The van der Waals surface area contributed by atoms with Crippen LogP contribution in [0.4, 0.5) is 0 Å². The fourth-order valence-corrected chi connectivity index (χ4v) is 4.68. The number of ether oxygens (including phenoxy) is 3. The molecule has 1 fully saturated rings. The van der Waals surface area contributed by atoms with Crippen LogP contribution in [0.3, 0.4) is 0 Å². The van der Waals surface area contributed by atoms with E-state index in [-0.39, 0.29) is 0 Å². The van der Waals surface area contributed by atoms with Gasteiger partial charge in [0.15, 0.2) is 0 Å². The molecule has 0 unspecified atom stereocenters. The SMILES string of the molecule is C[Si](C)(C)CCOCn1c(-c2ccc(OCCN3CCOCC3)cn2)cc2c(Cl)ccnc21. The lowest BCUT2D eigenvalue weighted by Gasteiger charge is -2.26. The molecule has 1 aliphatic heterocycles. The summed E-state index contributed by atoms with van der Waals surface area (Å²) in [5.74, 6) is 0.761. The zero-order chi connectivity index (χ0) is 23.3. The van der Waals surface area contributed by atoms with E-state index < -0.39 is 8.07 Å². The van der Waals surface area contributed by atoms with Crippen molar-refractivity contribution < 1.29 is 14.2 Å². The second-order valence-corrected chi connectivity index (χ2v) is 15.5. The molecule has 0 aliphatic carbocycles. The van der Waals surface area contributed by atoms with Crippen LogP contribution < -0.4 is 4.74 Å². The summed E-state index contributed by atoms with van der Waals surface area (Å²) in [4.78, 5) is 11.6. The minimum absolute atomic E-state index is 0.413. The molecule has 9 heteroatoms. The zero-order valence-electron chi connectivity index (χ0n) is 19.7. The molecule has 0 amide bonds. The Bertz CT molecular complexity index is 1050. The van der Waals surface area contributed by atoms with Gasteiger partial charge in [0.1, 0.15) is 24.7 Å². The van der Waals surface area contributed by atoms with Crippen LogP contribution in [0.15, 0.2) is 36.7 Å². The molecule has 33 heavy (non-hydrogen) atoms. The predicted molar refractivity (Wildman–Crippen MR) is 135 cm³/mol. The number of fused-ring (bicyclic) bond motifs is 1. The molecule has 0 N–H and O–H groups in total. The van der Waals surface area contributed by atoms with Gasteiger partial charge in [-0.1, -0.05) is 31.2 Å². The highest BCUT2D eigenvalue weighted by Gasteiger charge is 2.17. The fourth-order valence-electron chi connectivity index (χ4n) is 3.73. The smallest absolute Gasteiger partial charge is 0.143 e. The Balaban J connectivity index is 1.46. The number of pyridine rings is 2. The average molecular weight is 489 g/mol. The molecule has 7 nitrogen and oxygen atoms in total. The lowest BCUT2D eigenvalue weighted by atomic mass is 10.2. The molecule has 0 bridgehead atoms. The maximum atomic E-state index is 6.46. The lowest BCUT2D eigenvalue weighted by Crippen LogP contribution is -2.38. The molecule has 4 rings (SSSR count). The van der Waals surface area contributed by atoms with Gasteiger partial charge >= 0.3 is 0 Å². The monoisotopic (exact) mass is 488 g/mol. The van der Waals surface area contributed by atoms with Crippen LogP contribution in [0.2, 0.25) is 30.7 Å². The van der Waals surface area contributed by atoms with Crippen molar-refractivity contribution in [1.29, 1.82) is 0 Å². The van der Waals surface area contributed by atoms with Crippen molar-refractivity contribution in [3.63, 3.8) is 0 Å². The molecular weight excluding hydrogens is 456 g/mol. The number of rotatable bonds is 10. The normalized spacial score (nSPS) is 15.3. The van der Waals surface area contributed by atoms with Gasteiger partial charge in [0.25, 0.3) is 0 Å². The van der Waals surface area contributed by atoms with Crippen LogP contribution in [0.1, 0.15) is 0 Å². The Labute approximate surface area is 201 Å². The molecule has 3 aromatic rings. The molecule has 1 saturated heterocycles. The molecule has 0 saturated carbocycles. The van der Waals surface area contributed by atoms with Gasteiger partial charge in [0.2, 0.25) is 0 Å². The third-order valence-corrected chi connectivity index (χ3v) is 7.77. The van der Waals surface area contributed by atoms with Crippen LogP contribution in [0.25, 0.3) is 22.4 Å². The highest BCUT2D eigenvalue weighted by Crippen LogP contribution is 2.31. The summed E-state index contributed by atoms with van der Waals surface area (Å²) in [5, 5.41) is 1.57. The van der Waals surface area contributed by atoms with Crippen molar-refractivity contribution in [1.82, 2.24) is 19.4 Å². The molecule has 3 aromatic heterocycles. The molecule has 4 heterocycles. The van der Waals surface area contributed by atoms with Crippen molar-refractivity contribution >= 4 is 30.7 Å². The standard InChI is InChI=1S/C24H33ClN4O3Si/c1-33(2,3)15-14-31-18-29-23(16-20-21(25)6-7-26-24(20)29)22-5-4-19(17-27-22)32-13-10-28-8-11-30-12-9-28/h4-7,16-17H,8-15,18H2,1-3H3. The van der Waals surface area contributed by atoms with E-state index in [0.29, 0.717) is 18.4 Å². The van der Waals surface area contributed by atoms with Gasteiger partial charge in [-0.3, -0.25) is 14.5 Å². The van der Waals surface area contributed by atoms with E-state index >= 15 is 0 Å². The van der Waals surface area contributed by atoms with Gasteiger partial charge in [0.05, 0.1) is 35.8 Å². The van der Waals surface area contributed by atoms with Gasteiger partial charge < -0.3 is 14.2 Å². The van der Waals surface area contributed by atoms with E-state index in [4.69, 9.17) is 25.8 Å². The Kier molecular flexibility index (Phi) is 8.03. The Morgan fingerprint density at radius 1 is 1.09 bits per heavy atom. The minimum Gasteiger partial charge on any atom is -0.491 e. The lowest BCUT2D eigenvalue weighted by molar-refractivity contribution is 0.0322. The largest absolute Gasteiger partial charge is 0.491 e. The quantitative estimate of drug-likeness (QED) is 0.302. The number of hydrogen-bond acceptors (Lipinski definition) is 6. The Morgan fingerprint density at radius 3 is 2.64 bits per heavy atom. The zero-order valence-corrected chi connectivity index (χ0v) is 21.5. The summed E-state index contributed by atoms with van der Waals surface area (Å²) in [7, 11) is -1.15. The van der Waals surface area contributed by atoms with Crippen LogP contribution in [0.5, 0.6) is 5.75 Å². The highest BCUT2D eigenvalue weighted by atomic mass is 35.5. The van der Waals surface area contributed by atoms with Gasteiger partial charge in [-0.15, -0.1) is 0 Å². The van der Waals surface area contributed by atoms with Crippen molar-refractivity contribution in [2.24, 2.45) is 0 Å². The second-order valence-electron chi connectivity index (χ2n) is 9.52. The van der Waals surface area contributed by atoms with E-state index in [9.17, 15) is 0 Å². The van der Waals surface area contributed by atoms with E-state index in [2.05, 4.69) is 34.5 Å². The Morgan fingerprint density at radius 2 is 1.91 bits per heavy atom. The number of halogens is 1. The molecule has 0 spiro atoms. The highest BCUT2D eigenvalue weighted by molar-refractivity contribution is 6.76. The minimum atomic E-state index is -1.15. The first-order chi connectivity index (χ1) is 15.9. The van der Waals surface area contributed by atoms with Crippen molar-refractivity contribution in [2.75, 3.05) is 46.1 Å². The van der Waals surface area contributed by atoms with Gasteiger partial charge in [-0.2, -0.15) is 0 Å². The maximum absolute atomic E-state index is 6.46. The number of morpholine rings is 1. The van der Waals surface area contributed by atoms with Gasteiger partial charge in [0, 0.05) is 45.9 Å². The topological polar surface area (TPSA) is 61.6 Å². The number of aromatic nitrogens is 3. The van der Waals surface area contributed by atoms with Crippen LogP contribution in [-0.2, 0) is 16.2 Å². The first-order valence-electron chi connectivity index (χ1n) is 11.5. The second kappa shape index (κ2) is 11.0. The summed E-state index contributed by atoms with van der Waals surface area (Å²) in [6, 6.07) is 8.90. The summed E-state index contributed by atoms with van der Waals surface area (Å²) >= 11 is 6.46. The third-order valence-electron chi connectivity index (χ3n) is 5.74. The van der Waals surface area contributed by atoms with E-state index in [1.165, 1.54) is 0 Å². The number of hydrogen-bond donors (Lipinski definition) is 0. The van der Waals surface area contributed by atoms with Crippen LogP contribution in [-0.4, -0.2) is 73.6 Å². The number of nitrogens with zero attached hydrogens (tertiary/aromatic N) is 4. The summed E-state index contributed by atoms with van der Waals surface area (Å²) in [5.41, 5.74) is 2.56. The summed E-state index contributed by atoms with van der Waals surface area (Å²) in [6.45, 7) is 13.2. The molecule has 0 aromatic carbocycles. The summed E-state index contributed by atoms with van der Waals surface area (Å²) in [6.07, 6.45) is 3.50. The van der Waals surface area contributed by atoms with Crippen LogP contribution in [0, 0.1) is 0 Å². The van der Waals surface area contributed by atoms with E-state index in [0.717, 1.165) is 73.7 Å². The van der Waals surface area contributed by atoms with E-state index in [1.807, 2.05) is 28.8 Å². The molecule has 0 atom stereocenters. The first kappa shape index (κ1) is 24.2. The van der Waals surface area contributed by atoms with Gasteiger partial charge in [-0.25, -0.2) is 4.98 Å². The third kappa shape index (κ3) is 6.55. The van der Waals surface area contributed by atoms with Crippen LogP contribution >= 0.6 is 11.6 Å². The van der Waals surface area contributed by atoms with Crippen molar-refractivity contribution in [2.45, 2.75) is 32.4 Å². The van der Waals surface area contributed by atoms with Crippen molar-refractivity contribution in [3.8, 4) is 17.1 Å². The molecular formula is C24H33ClN4O3Si. The molecule has 178 valence electrons. The maximum Gasteiger partial charge on any atom is 0.143 e. The first-order valence-corrected chi connectivity index (χ1v) is 15.6. The van der Waals surface area contributed by atoms with Gasteiger partial charge in [-0.05, 0) is 30.3 Å². The molecule has 1 aliphatic rings. The Hall–Kier alpha value is -1.97. The summed E-state index contributed by atoms with van der Waals surface area (Å²) < 4.78 is 19.4. The van der Waals surface area contributed by atoms with Crippen molar-refractivity contribution in [3.05, 3.63) is 41.7 Å². The average Bonchev–Trinajstić information content (AvgIpc) is 3.17. The fraction of sp³-hybridized carbons (Fsp3) is 0.500.